The first-order valence-electron chi connectivity index (χ1n) is 5.61. The van der Waals surface area contributed by atoms with Gasteiger partial charge in [0.15, 0.2) is 5.82 Å². The Kier molecular flexibility index (Phi) is 3.31. The van der Waals surface area contributed by atoms with Gasteiger partial charge in [-0.2, -0.15) is 5.10 Å². The summed E-state index contributed by atoms with van der Waals surface area (Å²) >= 11 is 0. The maximum absolute atomic E-state index is 8.59. The molecule has 0 saturated carbocycles. The van der Waals surface area contributed by atoms with Crippen LogP contribution >= 0.6 is 0 Å². The van der Waals surface area contributed by atoms with Gasteiger partial charge in [0.05, 0.1) is 6.20 Å². The van der Waals surface area contributed by atoms with E-state index in [-0.39, 0.29) is 11.9 Å². The third-order valence-corrected chi connectivity index (χ3v) is 2.93. The largest absolute Gasteiger partial charge is 0.409 e. The van der Waals surface area contributed by atoms with Gasteiger partial charge in [0, 0.05) is 31.9 Å². The molecule has 0 amide bonds. The van der Waals surface area contributed by atoms with Crippen LogP contribution in [0.25, 0.3) is 5.52 Å². The van der Waals surface area contributed by atoms with Crippen LogP contribution in [0.2, 0.25) is 0 Å². The van der Waals surface area contributed by atoms with Crippen molar-refractivity contribution in [3.05, 3.63) is 24.7 Å². The van der Waals surface area contributed by atoms with Gasteiger partial charge >= 0.3 is 0 Å². The van der Waals surface area contributed by atoms with Gasteiger partial charge in [0.1, 0.15) is 11.4 Å². The minimum atomic E-state index is 0.0644. The van der Waals surface area contributed by atoms with Crippen LogP contribution in [0.4, 0.5) is 5.82 Å². The molecule has 0 bridgehead atoms. The van der Waals surface area contributed by atoms with E-state index in [9.17, 15) is 0 Å². The first-order valence-corrected chi connectivity index (χ1v) is 5.61. The normalized spacial score (nSPS) is 13.8. The number of hydrogen-bond acceptors (Lipinski definition) is 5. The molecule has 0 saturated heterocycles. The highest BCUT2D eigenvalue weighted by Crippen LogP contribution is 2.19. The van der Waals surface area contributed by atoms with Crippen LogP contribution in [-0.2, 0) is 0 Å². The molecule has 1 unspecified atom stereocenters. The number of aromatic nitrogens is 3. The Hall–Kier alpha value is -2.31. The average Bonchev–Trinajstić information content (AvgIpc) is 2.85. The van der Waals surface area contributed by atoms with Gasteiger partial charge in [-0.1, -0.05) is 5.16 Å². The lowest BCUT2D eigenvalue weighted by Crippen LogP contribution is -2.34. The van der Waals surface area contributed by atoms with Gasteiger partial charge in [0.25, 0.3) is 0 Å². The van der Waals surface area contributed by atoms with Crippen molar-refractivity contribution in [2.45, 2.75) is 19.4 Å². The summed E-state index contributed by atoms with van der Waals surface area (Å²) in [5.74, 6) is 1.02. The minimum Gasteiger partial charge on any atom is -0.409 e. The average molecular weight is 248 g/mol. The second-order valence-corrected chi connectivity index (χ2v) is 4.17. The Morgan fingerprint density at radius 2 is 2.39 bits per heavy atom. The van der Waals surface area contributed by atoms with E-state index in [1.165, 1.54) is 0 Å². The maximum Gasteiger partial charge on any atom is 0.154 e. The number of fused-ring (bicyclic) bond motifs is 1. The van der Waals surface area contributed by atoms with E-state index in [0.717, 1.165) is 11.3 Å². The molecule has 2 rings (SSSR count). The van der Waals surface area contributed by atoms with Gasteiger partial charge in [-0.3, -0.25) is 0 Å². The molecule has 0 spiro atoms. The molecule has 18 heavy (non-hydrogen) atoms. The third kappa shape index (κ3) is 2.20. The van der Waals surface area contributed by atoms with Crippen LogP contribution < -0.4 is 10.6 Å². The van der Waals surface area contributed by atoms with E-state index in [0.29, 0.717) is 6.42 Å². The summed E-state index contributed by atoms with van der Waals surface area (Å²) in [4.78, 5) is 6.34. The van der Waals surface area contributed by atoms with E-state index >= 15 is 0 Å². The number of oxime groups is 1. The zero-order valence-corrected chi connectivity index (χ0v) is 10.4. The second kappa shape index (κ2) is 4.91. The first-order chi connectivity index (χ1) is 8.63. The molecule has 0 radical (unpaired) electrons. The van der Waals surface area contributed by atoms with Gasteiger partial charge in [-0.15, -0.1) is 0 Å². The van der Waals surface area contributed by atoms with Crippen LogP contribution in [-0.4, -0.2) is 38.7 Å². The van der Waals surface area contributed by atoms with E-state index < -0.39 is 0 Å². The maximum atomic E-state index is 8.59. The summed E-state index contributed by atoms with van der Waals surface area (Å²) in [5.41, 5.74) is 6.44. The van der Waals surface area contributed by atoms with Crippen molar-refractivity contribution in [1.29, 1.82) is 0 Å². The Balaban J connectivity index is 2.27. The molecule has 0 aliphatic rings. The van der Waals surface area contributed by atoms with Crippen molar-refractivity contribution in [3.63, 3.8) is 0 Å². The molecule has 0 aromatic carbocycles. The van der Waals surface area contributed by atoms with Crippen LogP contribution in [0.3, 0.4) is 0 Å². The SMILES string of the molecule is CC(C/C(N)=N/O)N(C)c1nccn2nccc12. The minimum absolute atomic E-state index is 0.0644. The Morgan fingerprint density at radius 1 is 1.61 bits per heavy atom. The van der Waals surface area contributed by atoms with Crippen molar-refractivity contribution in [2.75, 3.05) is 11.9 Å². The van der Waals surface area contributed by atoms with Crippen LogP contribution in [0.5, 0.6) is 0 Å². The van der Waals surface area contributed by atoms with Crippen molar-refractivity contribution >= 4 is 17.2 Å². The molecule has 1 atom stereocenters. The standard InChI is InChI=1S/C11H16N6O/c1-8(7-10(12)15-18)16(2)11-9-3-4-14-17(9)6-5-13-11/h3-6,8,18H,7H2,1-2H3,(H2,12,15). The predicted molar refractivity (Wildman–Crippen MR) is 68.9 cm³/mol. The fraction of sp³-hybridized carbons (Fsp3) is 0.364. The lowest BCUT2D eigenvalue weighted by molar-refractivity contribution is 0.316. The zero-order valence-electron chi connectivity index (χ0n) is 10.4. The van der Waals surface area contributed by atoms with E-state index in [2.05, 4.69) is 15.2 Å². The summed E-state index contributed by atoms with van der Waals surface area (Å²) < 4.78 is 1.76. The highest BCUT2D eigenvalue weighted by atomic mass is 16.4. The molecule has 2 aromatic heterocycles. The molecular formula is C11H16N6O. The zero-order chi connectivity index (χ0) is 13.1. The molecule has 0 fully saturated rings. The monoisotopic (exact) mass is 248 g/mol. The number of amidine groups is 1. The van der Waals surface area contributed by atoms with Crippen molar-refractivity contribution in [3.8, 4) is 0 Å². The number of anilines is 1. The van der Waals surface area contributed by atoms with Crippen LogP contribution in [0.15, 0.2) is 29.8 Å². The lowest BCUT2D eigenvalue weighted by Gasteiger charge is -2.25. The Labute approximate surface area is 105 Å². The smallest absolute Gasteiger partial charge is 0.154 e. The first kappa shape index (κ1) is 12.2. The predicted octanol–water partition coefficient (Wildman–Crippen LogP) is 0.690. The summed E-state index contributed by atoms with van der Waals surface area (Å²) in [5, 5.41) is 15.7. The number of nitrogens with zero attached hydrogens (tertiary/aromatic N) is 5. The van der Waals surface area contributed by atoms with Gasteiger partial charge in [-0.05, 0) is 13.0 Å². The summed E-state index contributed by atoms with van der Waals surface area (Å²) in [6, 6.07) is 1.96. The molecule has 3 N–H and O–H groups in total. The molecule has 0 aliphatic carbocycles. The number of hydrogen-bond donors (Lipinski definition) is 2. The van der Waals surface area contributed by atoms with E-state index in [1.54, 1.807) is 23.1 Å². The van der Waals surface area contributed by atoms with Crippen LogP contribution in [0.1, 0.15) is 13.3 Å². The molecule has 7 nitrogen and oxygen atoms in total. The molecule has 2 heterocycles. The number of nitrogens with two attached hydrogens (primary N) is 1. The molecular weight excluding hydrogens is 232 g/mol. The Morgan fingerprint density at radius 3 is 3.11 bits per heavy atom. The summed E-state index contributed by atoms with van der Waals surface area (Å²) in [7, 11) is 1.92. The third-order valence-electron chi connectivity index (χ3n) is 2.93. The van der Waals surface area contributed by atoms with Crippen molar-refractivity contribution in [2.24, 2.45) is 10.9 Å². The second-order valence-electron chi connectivity index (χ2n) is 4.17. The lowest BCUT2D eigenvalue weighted by atomic mass is 10.2. The van der Waals surface area contributed by atoms with Gasteiger partial charge < -0.3 is 15.8 Å². The summed E-state index contributed by atoms with van der Waals surface area (Å²) in [6.07, 6.45) is 5.68. The Bertz CT molecular complexity index is 563. The molecule has 2 aromatic rings. The van der Waals surface area contributed by atoms with Gasteiger partial charge in [-0.25, -0.2) is 9.50 Å². The topological polar surface area (TPSA) is 92.0 Å². The number of rotatable bonds is 4. The van der Waals surface area contributed by atoms with Crippen molar-refractivity contribution in [1.82, 2.24) is 14.6 Å². The van der Waals surface area contributed by atoms with E-state index in [4.69, 9.17) is 10.9 Å². The summed E-state index contributed by atoms with van der Waals surface area (Å²) in [6.45, 7) is 1.99. The fourth-order valence-corrected chi connectivity index (χ4v) is 1.80. The van der Waals surface area contributed by atoms with Crippen molar-refractivity contribution < 1.29 is 5.21 Å². The highest BCUT2D eigenvalue weighted by molar-refractivity contribution is 5.81. The van der Waals surface area contributed by atoms with Gasteiger partial charge in [0.2, 0.25) is 0 Å². The quantitative estimate of drug-likeness (QED) is 0.359. The molecule has 7 heteroatoms. The fourth-order valence-electron chi connectivity index (χ4n) is 1.80. The molecule has 96 valence electrons. The van der Waals surface area contributed by atoms with E-state index in [1.807, 2.05) is 24.9 Å². The van der Waals surface area contributed by atoms with Crippen LogP contribution in [0, 0.1) is 0 Å². The molecule has 0 aliphatic heterocycles. The highest BCUT2D eigenvalue weighted by Gasteiger charge is 2.15.